The van der Waals surface area contributed by atoms with Gasteiger partial charge in [0.15, 0.2) is 5.96 Å². The van der Waals surface area contributed by atoms with Gasteiger partial charge in [0.05, 0.1) is 12.7 Å². The summed E-state index contributed by atoms with van der Waals surface area (Å²) < 4.78 is 4.71. The second kappa shape index (κ2) is 12.3. The fraction of sp³-hybridized carbons (Fsp3) is 0.600. The molecule has 1 aromatic carbocycles. The number of guanidine groups is 1. The molecule has 1 rings (SSSR count). The highest BCUT2D eigenvalue weighted by atomic mass is 16.5. The number of rotatable bonds is 10. The van der Waals surface area contributed by atoms with Crippen LogP contribution in [0.2, 0.25) is 0 Å². The van der Waals surface area contributed by atoms with Crippen molar-refractivity contribution in [3.63, 3.8) is 0 Å². The van der Waals surface area contributed by atoms with Gasteiger partial charge in [0.1, 0.15) is 0 Å². The quantitative estimate of drug-likeness (QED) is 0.381. The first-order valence-electron chi connectivity index (χ1n) is 9.40. The van der Waals surface area contributed by atoms with E-state index in [1.807, 2.05) is 12.1 Å². The molecule has 0 saturated carbocycles. The third-order valence-corrected chi connectivity index (χ3v) is 4.45. The molecule has 0 aliphatic rings. The van der Waals surface area contributed by atoms with E-state index in [0.717, 1.165) is 37.6 Å². The molecule has 6 nitrogen and oxygen atoms in total. The van der Waals surface area contributed by atoms with E-state index in [-0.39, 0.29) is 5.97 Å². The number of carbonyl (C=O) groups is 1. The molecular weight excluding hydrogens is 328 g/mol. The monoisotopic (exact) mass is 362 g/mol. The van der Waals surface area contributed by atoms with Crippen molar-refractivity contribution in [3.05, 3.63) is 35.4 Å². The Kier molecular flexibility index (Phi) is 10.4. The van der Waals surface area contributed by atoms with Gasteiger partial charge in [-0.25, -0.2) is 4.79 Å². The van der Waals surface area contributed by atoms with E-state index >= 15 is 0 Å². The molecule has 0 saturated heterocycles. The smallest absolute Gasteiger partial charge is 0.337 e. The van der Waals surface area contributed by atoms with E-state index in [9.17, 15) is 4.79 Å². The lowest BCUT2D eigenvalue weighted by molar-refractivity contribution is 0.0600. The molecule has 0 bridgehead atoms. The molecule has 0 radical (unpaired) electrons. The van der Waals surface area contributed by atoms with Crippen molar-refractivity contribution in [2.45, 2.75) is 46.2 Å². The van der Waals surface area contributed by atoms with Crippen molar-refractivity contribution in [2.24, 2.45) is 4.99 Å². The van der Waals surface area contributed by atoms with Crippen molar-refractivity contribution in [1.82, 2.24) is 15.5 Å². The number of nitrogens with one attached hydrogen (secondary N) is 2. The number of aliphatic imine (C=N–C) groups is 1. The number of ether oxygens (including phenoxy) is 1. The maximum Gasteiger partial charge on any atom is 0.337 e. The number of esters is 1. The van der Waals surface area contributed by atoms with Gasteiger partial charge in [0, 0.05) is 19.6 Å². The lowest BCUT2D eigenvalue weighted by Crippen LogP contribution is -2.42. The number of hydrogen-bond donors (Lipinski definition) is 2. The van der Waals surface area contributed by atoms with E-state index in [4.69, 9.17) is 4.74 Å². The molecule has 0 heterocycles. The molecule has 0 aliphatic heterocycles. The highest BCUT2D eigenvalue weighted by Crippen LogP contribution is 2.06. The fourth-order valence-corrected chi connectivity index (χ4v) is 2.72. The SMILES string of the molecule is CCN(CC)CCCC(C)NC(=NC)NCc1ccc(C(=O)OC)cc1. The van der Waals surface area contributed by atoms with Crippen LogP contribution in [0.15, 0.2) is 29.3 Å². The second-order valence-electron chi connectivity index (χ2n) is 6.33. The number of benzene rings is 1. The minimum Gasteiger partial charge on any atom is -0.465 e. The van der Waals surface area contributed by atoms with Crippen molar-refractivity contribution >= 4 is 11.9 Å². The Morgan fingerprint density at radius 3 is 2.42 bits per heavy atom. The molecule has 146 valence electrons. The van der Waals surface area contributed by atoms with Gasteiger partial charge in [-0.05, 0) is 57.1 Å². The Balaban J connectivity index is 2.39. The van der Waals surface area contributed by atoms with Crippen molar-refractivity contribution in [2.75, 3.05) is 33.8 Å². The van der Waals surface area contributed by atoms with Crippen LogP contribution >= 0.6 is 0 Å². The number of hydrogen-bond acceptors (Lipinski definition) is 4. The maximum atomic E-state index is 11.5. The average Bonchev–Trinajstić information content (AvgIpc) is 2.68. The zero-order chi connectivity index (χ0) is 19.4. The van der Waals surface area contributed by atoms with Gasteiger partial charge in [-0.3, -0.25) is 4.99 Å². The zero-order valence-corrected chi connectivity index (χ0v) is 16.8. The first-order chi connectivity index (χ1) is 12.5. The first-order valence-corrected chi connectivity index (χ1v) is 9.40. The molecule has 0 aliphatic carbocycles. The molecular formula is C20H34N4O2. The van der Waals surface area contributed by atoms with E-state index < -0.39 is 0 Å². The lowest BCUT2D eigenvalue weighted by Gasteiger charge is -2.21. The fourth-order valence-electron chi connectivity index (χ4n) is 2.72. The van der Waals surface area contributed by atoms with Crippen LogP contribution in [0.4, 0.5) is 0 Å². The lowest BCUT2D eigenvalue weighted by atomic mass is 10.1. The van der Waals surface area contributed by atoms with Gasteiger partial charge in [-0.15, -0.1) is 0 Å². The van der Waals surface area contributed by atoms with Gasteiger partial charge in [-0.1, -0.05) is 26.0 Å². The van der Waals surface area contributed by atoms with Crippen molar-refractivity contribution in [1.29, 1.82) is 0 Å². The summed E-state index contributed by atoms with van der Waals surface area (Å²) in [5.74, 6) is 0.470. The van der Waals surface area contributed by atoms with E-state index in [1.165, 1.54) is 13.5 Å². The molecule has 1 atom stereocenters. The molecule has 0 amide bonds. The highest BCUT2D eigenvalue weighted by molar-refractivity contribution is 5.89. The Labute approximate surface area is 158 Å². The standard InChI is InChI=1S/C20H34N4O2/c1-6-24(7-2)14-8-9-16(3)23-20(21-4)22-15-17-10-12-18(13-11-17)19(25)26-5/h10-13,16H,6-9,14-15H2,1-5H3,(H2,21,22,23). The summed E-state index contributed by atoms with van der Waals surface area (Å²) in [6.07, 6.45) is 2.27. The third-order valence-electron chi connectivity index (χ3n) is 4.45. The van der Waals surface area contributed by atoms with Gasteiger partial charge in [-0.2, -0.15) is 0 Å². The molecule has 2 N–H and O–H groups in total. The molecule has 0 spiro atoms. The zero-order valence-electron chi connectivity index (χ0n) is 16.8. The Bertz CT molecular complexity index is 553. The molecule has 0 fully saturated rings. The largest absolute Gasteiger partial charge is 0.465 e. The van der Waals surface area contributed by atoms with E-state index in [1.54, 1.807) is 19.2 Å². The summed E-state index contributed by atoms with van der Waals surface area (Å²) in [6, 6.07) is 7.74. The van der Waals surface area contributed by atoms with Crippen LogP contribution in [0.3, 0.4) is 0 Å². The summed E-state index contributed by atoms with van der Waals surface area (Å²) in [7, 11) is 3.16. The second-order valence-corrected chi connectivity index (χ2v) is 6.33. The molecule has 1 aromatic rings. The Morgan fingerprint density at radius 2 is 1.88 bits per heavy atom. The Hall–Kier alpha value is -2.08. The van der Waals surface area contributed by atoms with E-state index in [2.05, 4.69) is 41.3 Å². The van der Waals surface area contributed by atoms with E-state index in [0.29, 0.717) is 18.2 Å². The average molecular weight is 363 g/mol. The first kappa shape index (κ1) is 22.0. The topological polar surface area (TPSA) is 66.0 Å². The molecule has 26 heavy (non-hydrogen) atoms. The van der Waals surface area contributed by atoms with Crippen molar-refractivity contribution in [3.8, 4) is 0 Å². The van der Waals surface area contributed by atoms with Crippen LogP contribution in [-0.2, 0) is 11.3 Å². The number of nitrogens with zero attached hydrogens (tertiary/aromatic N) is 2. The minimum atomic E-state index is -0.319. The summed E-state index contributed by atoms with van der Waals surface area (Å²) >= 11 is 0. The third kappa shape index (κ3) is 7.87. The van der Waals surface area contributed by atoms with Crippen LogP contribution < -0.4 is 10.6 Å². The van der Waals surface area contributed by atoms with Gasteiger partial charge >= 0.3 is 5.97 Å². The molecule has 6 heteroatoms. The number of methoxy groups -OCH3 is 1. The van der Waals surface area contributed by atoms with Gasteiger partial charge < -0.3 is 20.3 Å². The van der Waals surface area contributed by atoms with Crippen LogP contribution in [-0.4, -0.2) is 56.7 Å². The normalized spacial score (nSPS) is 12.8. The van der Waals surface area contributed by atoms with Gasteiger partial charge in [0.25, 0.3) is 0 Å². The summed E-state index contributed by atoms with van der Waals surface area (Å²) in [4.78, 5) is 18.2. The number of carbonyl (C=O) groups excluding carboxylic acids is 1. The predicted octanol–water partition coefficient (Wildman–Crippen LogP) is 2.65. The van der Waals surface area contributed by atoms with Crippen LogP contribution in [0, 0.1) is 0 Å². The molecule has 0 aromatic heterocycles. The van der Waals surface area contributed by atoms with Crippen LogP contribution in [0.25, 0.3) is 0 Å². The summed E-state index contributed by atoms with van der Waals surface area (Å²) in [5, 5.41) is 6.74. The maximum absolute atomic E-state index is 11.5. The van der Waals surface area contributed by atoms with Crippen LogP contribution in [0.5, 0.6) is 0 Å². The summed E-state index contributed by atoms with van der Waals surface area (Å²) in [6.45, 7) is 10.6. The van der Waals surface area contributed by atoms with Gasteiger partial charge in [0.2, 0.25) is 0 Å². The highest BCUT2D eigenvalue weighted by Gasteiger charge is 2.08. The predicted molar refractivity (Wildman–Crippen MR) is 108 cm³/mol. The summed E-state index contributed by atoms with van der Waals surface area (Å²) in [5.41, 5.74) is 1.63. The Morgan fingerprint density at radius 1 is 1.23 bits per heavy atom. The van der Waals surface area contributed by atoms with Crippen LogP contribution in [0.1, 0.15) is 49.5 Å². The molecule has 1 unspecified atom stereocenters. The minimum absolute atomic E-state index is 0.319. The van der Waals surface area contributed by atoms with Crippen molar-refractivity contribution < 1.29 is 9.53 Å².